The summed E-state index contributed by atoms with van der Waals surface area (Å²) >= 11 is 11.9. The second-order valence-electron chi connectivity index (χ2n) is 8.89. The molecule has 0 bridgehead atoms. The molecular weight excluding hydrogens is 579 g/mol. The number of rotatable bonds is 13. The number of ether oxygens (including phenoxy) is 4. The third-order valence-electron chi connectivity index (χ3n) is 5.66. The van der Waals surface area contributed by atoms with Gasteiger partial charge in [-0.1, -0.05) is 36.5 Å². The van der Waals surface area contributed by atoms with Crippen LogP contribution in [0.15, 0.2) is 102 Å². The number of nitrogens with one attached hydrogen (secondary N) is 1. The number of halogens is 2. The van der Waals surface area contributed by atoms with Crippen LogP contribution in [0.1, 0.15) is 35.7 Å². The standard InChI is InChI=1S/C32H28Cl2N2O6/c1-2-3-20-39-26-14-6-23(7-15-26)31(38)40-27-12-4-22(5-13-27)21-35-36-30(37)32(41-28-16-8-24(33)9-17-28)42-29-18-10-25(34)11-19-29/h4-19,21,32H,2-3,20H2,1H3,(H,36,37). The second kappa shape index (κ2) is 15.5. The third-order valence-corrected chi connectivity index (χ3v) is 6.17. The Kier molecular flexibility index (Phi) is 11.2. The molecule has 4 aromatic rings. The van der Waals surface area contributed by atoms with Crippen LogP contribution < -0.4 is 24.4 Å². The molecule has 4 aromatic carbocycles. The number of hydrogen-bond acceptors (Lipinski definition) is 7. The van der Waals surface area contributed by atoms with Crippen LogP contribution in [0.2, 0.25) is 10.0 Å². The van der Waals surface area contributed by atoms with Crippen molar-refractivity contribution >= 4 is 41.3 Å². The summed E-state index contributed by atoms with van der Waals surface area (Å²) in [4.78, 5) is 25.4. The maximum Gasteiger partial charge on any atom is 0.343 e. The van der Waals surface area contributed by atoms with E-state index in [1.54, 1.807) is 97.1 Å². The van der Waals surface area contributed by atoms with Crippen LogP contribution in [0.25, 0.3) is 0 Å². The van der Waals surface area contributed by atoms with E-state index in [4.69, 9.17) is 42.1 Å². The van der Waals surface area contributed by atoms with Gasteiger partial charge in [0.05, 0.1) is 18.4 Å². The van der Waals surface area contributed by atoms with Crippen molar-refractivity contribution < 1.29 is 28.5 Å². The fourth-order valence-corrected chi connectivity index (χ4v) is 3.69. The summed E-state index contributed by atoms with van der Waals surface area (Å²) in [7, 11) is 0. The molecule has 10 heteroatoms. The van der Waals surface area contributed by atoms with E-state index in [0.717, 1.165) is 12.8 Å². The number of benzene rings is 4. The largest absolute Gasteiger partial charge is 0.494 e. The van der Waals surface area contributed by atoms with Crippen molar-refractivity contribution in [2.45, 2.75) is 26.1 Å². The summed E-state index contributed by atoms with van der Waals surface area (Å²) < 4.78 is 22.5. The molecule has 0 atom stereocenters. The fraction of sp³-hybridized carbons (Fsp3) is 0.156. The monoisotopic (exact) mass is 606 g/mol. The second-order valence-corrected chi connectivity index (χ2v) is 9.77. The molecular formula is C32H28Cl2N2O6. The lowest BCUT2D eigenvalue weighted by atomic mass is 10.2. The summed E-state index contributed by atoms with van der Waals surface area (Å²) in [6.07, 6.45) is 2.09. The van der Waals surface area contributed by atoms with Crippen LogP contribution in [0, 0.1) is 0 Å². The van der Waals surface area contributed by atoms with Gasteiger partial charge in [-0.2, -0.15) is 5.10 Å². The molecule has 0 saturated heterocycles. The minimum absolute atomic E-state index is 0.359. The molecule has 1 amide bonds. The lowest BCUT2D eigenvalue weighted by Gasteiger charge is -2.19. The van der Waals surface area contributed by atoms with Crippen molar-refractivity contribution in [3.63, 3.8) is 0 Å². The molecule has 1 N–H and O–H groups in total. The Labute approximate surface area is 253 Å². The van der Waals surface area contributed by atoms with E-state index in [-0.39, 0.29) is 0 Å². The van der Waals surface area contributed by atoms with Gasteiger partial charge in [0, 0.05) is 10.0 Å². The number of carbonyl (C=O) groups is 2. The van der Waals surface area contributed by atoms with Gasteiger partial charge in [-0.3, -0.25) is 4.79 Å². The quantitative estimate of drug-likeness (QED) is 0.0427. The molecule has 0 radical (unpaired) electrons. The number of hydrazone groups is 1. The van der Waals surface area contributed by atoms with Gasteiger partial charge in [-0.05, 0) is 109 Å². The van der Waals surface area contributed by atoms with Crippen molar-refractivity contribution in [3.05, 3.63) is 118 Å². The van der Waals surface area contributed by atoms with E-state index in [9.17, 15) is 9.59 Å². The summed E-state index contributed by atoms with van der Waals surface area (Å²) in [6, 6.07) is 26.4. The Morgan fingerprint density at radius 3 is 1.83 bits per heavy atom. The van der Waals surface area contributed by atoms with Crippen molar-refractivity contribution in [1.82, 2.24) is 5.43 Å². The van der Waals surface area contributed by atoms with Gasteiger partial charge in [0.1, 0.15) is 23.0 Å². The van der Waals surface area contributed by atoms with Gasteiger partial charge < -0.3 is 18.9 Å². The van der Waals surface area contributed by atoms with Gasteiger partial charge in [-0.15, -0.1) is 0 Å². The SMILES string of the molecule is CCCCOc1ccc(C(=O)Oc2ccc(C=NNC(=O)C(Oc3ccc(Cl)cc3)Oc3ccc(Cl)cc3)cc2)cc1. The van der Waals surface area contributed by atoms with Crippen LogP contribution in [0.3, 0.4) is 0 Å². The van der Waals surface area contributed by atoms with E-state index < -0.39 is 18.2 Å². The lowest BCUT2D eigenvalue weighted by Crippen LogP contribution is -2.40. The van der Waals surface area contributed by atoms with E-state index >= 15 is 0 Å². The average Bonchev–Trinajstić information content (AvgIpc) is 3.00. The van der Waals surface area contributed by atoms with Crippen LogP contribution in [0.4, 0.5) is 0 Å². The van der Waals surface area contributed by atoms with E-state index in [2.05, 4.69) is 17.5 Å². The molecule has 8 nitrogen and oxygen atoms in total. The zero-order valence-corrected chi connectivity index (χ0v) is 24.2. The van der Waals surface area contributed by atoms with Gasteiger partial charge in [0.2, 0.25) is 0 Å². The number of nitrogens with zero attached hydrogens (tertiary/aromatic N) is 1. The summed E-state index contributed by atoms with van der Waals surface area (Å²) in [5.74, 6) is 0.671. The number of hydrogen-bond donors (Lipinski definition) is 1. The fourth-order valence-electron chi connectivity index (χ4n) is 3.44. The molecule has 0 heterocycles. The van der Waals surface area contributed by atoms with Crippen LogP contribution in [-0.2, 0) is 4.79 Å². The van der Waals surface area contributed by atoms with Gasteiger partial charge in [0.15, 0.2) is 0 Å². The Bertz CT molecular complexity index is 1430. The maximum atomic E-state index is 12.9. The highest BCUT2D eigenvalue weighted by atomic mass is 35.5. The van der Waals surface area contributed by atoms with Gasteiger partial charge >= 0.3 is 18.2 Å². The zero-order valence-electron chi connectivity index (χ0n) is 22.7. The zero-order chi connectivity index (χ0) is 29.7. The van der Waals surface area contributed by atoms with Gasteiger partial charge in [-0.25, -0.2) is 10.2 Å². The van der Waals surface area contributed by atoms with E-state index in [1.807, 2.05) is 0 Å². The molecule has 0 aromatic heterocycles. The highest BCUT2D eigenvalue weighted by Crippen LogP contribution is 2.21. The molecule has 216 valence electrons. The predicted octanol–water partition coefficient (Wildman–Crippen LogP) is 7.33. The number of carbonyl (C=O) groups excluding carboxylic acids is 2. The number of amides is 1. The van der Waals surface area contributed by atoms with Gasteiger partial charge in [0.25, 0.3) is 0 Å². The normalized spacial score (nSPS) is 10.9. The van der Waals surface area contributed by atoms with E-state index in [1.165, 1.54) is 6.21 Å². The first-order chi connectivity index (χ1) is 20.4. The van der Waals surface area contributed by atoms with Crippen LogP contribution in [0.5, 0.6) is 23.0 Å². The average molecular weight is 607 g/mol. The van der Waals surface area contributed by atoms with Crippen LogP contribution in [-0.4, -0.2) is 31.0 Å². The van der Waals surface area contributed by atoms with Crippen molar-refractivity contribution in [2.24, 2.45) is 5.10 Å². The number of unbranched alkanes of at least 4 members (excludes halogenated alkanes) is 1. The Morgan fingerprint density at radius 1 is 0.762 bits per heavy atom. The minimum Gasteiger partial charge on any atom is -0.494 e. The Morgan fingerprint density at radius 2 is 1.29 bits per heavy atom. The molecule has 0 saturated carbocycles. The Balaban J connectivity index is 1.33. The summed E-state index contributed by atoms with van der Waals surface area (Å²) in [5.41, 5.74) is 3.47. The van der Waals surface area contributed by atoms with Crippen molar-refractivity contribution in [1.29, 1.82) is 0 Å². The number of esters is 1. The topological polar surface area (TPSA) is 95.5 Å². The molecule has 4 rings (SSSR count). The van der Waals surface area contributed by atoms with Crippen molar-refractivity contribution in [3.8, 4) is 23.0 Å². The molecule has 0 fully saturated rings. The molecule has 0 aliphatic heterocycles. The first kappa shape index (κ1) is 30.4. The Hall–Kier alpha value is -4.53. The van der Waals surface area contributed by atoms with Crippen molar-refractivity contribution in [2.75, 3.05) is 6.61 Å². The molecule has 0 spiro atoms. The molecule has 42 heavy (non-hydrogen) atoms. The molecule has 0 unspecified atom stereocenters. The maximum absolute atomic E-state index is 12.9. The molecule has 0 aliphatic rings. The predicted molar refractivity (Wildman–Crippen MR) is 162 cm³/mol. The molecule has 0 aliphatic carbocycles. The van der Waals surface area contributed by atoms with Crippen LogP contribution >= 0.6 is 23.2 Å². The summed E-state index contributed by atoms with van der Waals surface area (Å²) in [6.45, 7) is 2.73. The third kappa shape index (κ3) is 9.54. The lowest BCUT2D eigenvalue weighted by molar-refractivity contribution is -0.140. The highest BCUT2D eigenvalue weighted by Gasteiger charge is 2.22. The first-order valence-electron chi connectivity index (χ1n) is 13.1. The first-order valence-corrected chi connectivity index (χ1v) is 13.9. The smallest absolute Gasteiger partial charge is 0.343 e. The highest BCUT2D eigenvalue weighted by molar-refractivity contribution is 6.30. The van der Waals surface area contributed by atoms with E-state index in [0.29, 0.717) is 50.8 Å². The summed E-state index contributed by atoms with van der Waals surface area (Å²) in [5, 5.41) is 5.05. The minimum atomic E-state index is -1.36.